The van der Waals surface area contributed by atoms with Gasteiger partial charge in [0, 0.05) is 24.7 Å². The molecule has 1 aromatic carbocycles. The van der Waals surface area contributed by atoms with Gasteiger partial charge in [0.15, 0.2) is 0 Å². The number of carbonyl (C=O) groups is 1. The molecule has 2 rings (SSSR count). The summed E-state index contributed by atoms with van der Waals surface area (Å²) in [7, 11) is 0. The summed E-state index contributed by atoms with van der Waals surface area (Å²) in [6, 6.07) is 3.87. The topological polar surface area (TPSA) is 72.8 Å². The molecular formula is C13H18N2O3. The van der Waals surface area contributed by atoms with Crippen LogP contribution in [0, 0.1) is 0 Å². The van der Waals surface area contributed by atoms with Crippen LogP contribution in [-0.2, 0) is 0 Å². The smallest absolute Gasteiger partial charge is 0.251 e. The predicted octanol–water partition coefficient (Wildman–Crippen LogP) is 0.923. The third kappa shape index (κ3) is 3.37. The van der Waals surface area contributed by atoms with E-state index < -0.39 is 0 Å². The lowest BCUT2D eigenvalue weighted by molar-refractivity contribution is 0.0949. The molecular weight excluding hydrogens is 232 g/mol. The van der Waals surface area contributed by atoms with Crippen LogP contribution in [0.2, 0.25) is 0 Å². The predicted molar refractivity (Wildman–Crippen MR) is 67.8 cm³/mol. The molecule has 5 nitrogen and oxygen atoms in total. The number of likely N-dealkylation sites (tertiary alicyclic amines) is 1. The average molecular weight is 250 g/mol. The molecule has 1 fully saturated rings. The maximum Gasteiger partial charge on any atom is 0.251 e. The van der Waals surface area contributed by atoms with Crippen LogP contribution in [0.25, 0.3) is 0 Å². The van der Waals surface area contributed by atoms with Crippen molar-refractivity contribution in [3.8, 4) is 11.5 Å². The van der Waals surface area contributed by atoms with Crippen molar-refractivity contribution in [2.24, 2.45) is 0 Å². The number of nitrogens with one attached hydrogen (secondary N) is 1. The summed E-state index contributed by atoms with van der Waals surface area (Å²) in [5, 5.41) is 21.4. The fraction of sp³-hybridized carbons (Fsp3) is 0.462. The van der Waals surface area contributed by atoms with E-state index in [1.165, 1.54) is 31.0 Å². The maximum atomic E-state index is 11.8. The van der Waals surface area contributed by atoms with Gasteiger partial charge in [-0.1, -0.05) is 0 Å². The Morgan fingerprint density at radius 1 is 1.17 bits per heavy atom. The third-order valence-electron chi connectivity index (χ3n) is 3.08. The van der Waals surface area contributed by atoms with Crippen molar-refractivity contribution >= 4 is 5.91 Å². The number of hydrogen-bond acceptors (Lipinski definition) is 4. The first-order valence-corrected chi connectivity index (χ1v) is 6.19. The van der Waals surface area contributed by atoms with E-state index in [1.54, 1.807) is 0 Å². The van der Waals surface area contributed by atoms with Gasteiger partial charge in [-0.15, -0.1) is 0 Å². The molecule has 1 aromatic rings. The number of phenolic OH excluding ortho intramolecular Hbond substituents is 2. The summed E-state index contributed by atoms with van der Waals surface area (Å²) < 4.78 is 0. The highest BCUT2D eigenvalue weighted by Gasteiger charge is 2.12. The van der Waals surface area contributed by atoms with Crippen LogP contribution >= 0.6 is 0 Å². The molecule has 0 aliphatic carbocycles. The van der Waals surface area contributed by atoms with Gasteiger partial charge < -0.3 is 20.4 Å². The molecule has 3 N–H and O–H groups in total. The van der Waals surface area contributed by atoms with Gasteiger partial charge in [-0.2, -0.15) is 0 Å². The quantitative estimate of drug-likeness (QED) is 0.743. The van der Waals surface area contributed by atoms with Gasteiger partial charge in [0.2, 0.25) is 0 Å². The number of amides is 1. The summed E-state index contributed by atoms with van der Waals surface area (Å²) in [4.78, 5) is 14.1. The van der Waals surface area contributed by atoms with E-state index in [2.05, 4.69) is 10.2 Å². The molecule has 0 spiro atoms. The molecule has 0 atom stereocenters. The minimum absolute atomic E-state index is 0.111. The Hall–Kier alpha value is -1.75. The van der Waals surface area contributed by atoms with Crippen molar-refractivity contribution in [2.45, 2.75) is 12.8 Å². The summed E-state index contributed by atoms with van der Waals surface area (Å²) in [6.45, 7) is 3.62. The van der Waals surface area contributed by atoms with Crippen LogP contribution in [-0.4, -0.2) is 47.2 Å². The Morgan fingerprint density at radius 2 is 1.78 bits per heavy atom. The number of benzene rings is 1. The van der Waals surface area contributed by atoms with Gasteiger partial charge in [0.1, 0.15) is 11.5 Å². The Morgan fingerprint density at radius 3 is 2.39 bits per heavy atom. The fourth-order valence-corrected chi connectivity index (χ4v) is 2.16. The number of carbonyl (C=O) groups excluding carboxylic acids is 1. The first-order valence-electron chi connectivity index (χ1n) is 6.19. The molecule has 0 aromatic heterocycles. The molecule has 1 aliphatic heterocycles. The van der Waals surface area contributed by atoms with E-state index in [-0.39, 0.29) is 23.0 Å². The first-order chi connectivity index (χ1) is 8.65. The molecule has 18 heavy (non-hydrogen) atoms. The molecule has 0 radical (unpaired) electrons. The molecule has 0 bridgehead atoms. The van der Waals surface area contributed by atoms with E-state index in [4.69, 9.17) is 0 Å². The molecule has 1 amide bonds. The van der Waals surface area contributed by atoms with Gasteiger partial charge in [-0.3, -0.25) is 4.79 Å². The van der Waals surface area contributed by atoms with E-state index >= 15 is 0 Å². The van der Waals surface area contributed by atoms with E-state index in [1.807, 2.05) is 0 Å². The number of aromatic hydroxyl groups is 2. The Labute approximate surface area is 106 Å². The van der Waals surface area contributed by atoms with Crippen molar-refractivity contribution in [2.75, 3.05) is 26.2 Å². The summed E-state index contributed by atoms with van der Waals surface area (Å²) in [6.07, 6.45) is 2.46. The maximum absolute atomic E-state index is 11.8. The third-order valence-corrected chi connectivity index (χ3v) is 3.08. The normalized spacial score (nSPS) is 15.8. The van der Waals surface area contributed by atoms with E-state index in [9.17, 15) is 15.0 Å². The Bertz CT molecular complexity index is 408. The standard InChI is InChI=1S/C13H18N2O3/c16-11-7-10(8-12(17)9-11)13(18)14-3-6-15-4-1-2-5-15/h7-9,16-17H,1-6H2,(H,14,18). The summed E-state index contributed by atoms with van der Waals surface area (Å²) in [5.41, 5.74) is 0.272. The molecule has 1 saturated heterocycles. The van der Waals surface area contributed by atoms with Crippen LogP contribution in [0.3, 0.4) is 0 Å². The molecule has 1 heterocycles. The highest BCUT2D eigenvalue weighted by Crippen LogP contribution is 2.20. The lowest BCUT2D eigenvalue weighted by Crippen LogP contribution is -2.33. The van der Waals surface area contributed by atoms with Crippen molar-refractivity contribution < 1.29 is 15.0 Å². The second-order valence-corrected chi connectivity index (χ2v) is 4.54. The fourth-order valence-electron chi connectivity index (χ4n) is 2.16. The average Bonchev–Trinajstić information content (AvgIpc) is 2.80. The van der Waals surface area contributed by atoms with Crippen LogP contribution in [0.4, 0.5) is 0 Å². The second kappa shape index (κ2) is 5.73. The van der Waals surface area contributed by atoms with Crippen LogP contribution in [0.1, 0.15) is 23.2 Å². The number of hydrogen-bond donors (Lipinski definition) is 3. The van der Waals surface area contributed by atoms with Gasteiger partial charge in [-0.25, -0.2) is 0 Å². The lowest BCUT2D eigenvalue weighted by Gasteiger charge is -2.14. The summed E-state index contributed by atoms with van der Waals surface area (Å²) in [5.74, 6) is -0.500. The van der Waals surface area contributed by atoms with Crippen LogP contribution in [0.5, 0.6) is 11.5 Å². The molecule has 0 unspecified atom stereocenters. The van der Waals surface area contributed by atoms with Crippen molar-refractivity contribution in [1.29, 1.82) is 0 Å². The zero-order chi connectivity index (χ0) is 13.0. The molecule has 1 aliphatic rings. The second-order valence-electron chi connectivity index (χ2n) is 4.54. The van der Waals surface area contributed by atoms with E-state index in [0.717, 1.165) is 19.6 Å². The first kappa shape index (κ1) is 12.7. The highest BCUT2D eigenvalue weighted by molar-refractivity contribution is 5.95. The lowest BCUT2D eigenvalue weighted by atomic mass is 10.2. The van der Waals surface area contributed by atoms with Crippen LogP contribution < -0.4 is 5.32 Å². The molecule has 98 valence electrons. The largest absolute Gasteiger partial charge is 0.508 e. The molecule has 5 heteroatoms. The monoisotopic (exact) mass is 250 g/mol. The van der Waals surface area contributed by atoms with E-state index in [0.29, 0.717) is 6.54 Å². The van der Waals surface area contributed by atoms with Gasteiger partial charge in [0.25, 0.3) is 5.91 Å². The van der Waals surface area contributed by atoms with Gasteiger partial charge >= 0.3 is 0 Å². The van der Waals surface area contributed by atoms with Crippen LogP contribution in [0.15, 0.2) is 18.2 Å². The number of nitrogens with zero attached hydrogens (tertiary/aromatic N) is 1. The Balaban J connectivity index is 1.83. The van der Waals surface area contributed by atoms with Gasteiger partial charge in [0.05, 0.1) is 0 Å². The number of phenols is 2. The van der Waals surface area contributed by atoms with Crippen molar-refractivity contribution in [3.63, 3.8) is 0 Å². The van der Waals surface area contributed by atoms with Gasteiger partial charge in [-0.05, 0) is 38.1 Å². The zero-order valence-corrected chi connectivity index (χ0v) is 10.2. The SMILES string of the molecule is O=C(NCCN1CCCC1)c1cc(O)cc(O)c1. The minimum atomic E-state index is -0.277. The van der Waals surface area contributed by atoms with Crippen molar-refractivity contribution in [1.82, 2.24) is 10.2 Å². The number of rotatable bonds is 4. The summed E-state index contributed by atoms with van der Waals surface area (Å²) >= 11 is 0. The zero-order valence-electron chi connectivity index (χ0n) is 10.2. The minimum Gasteiger partial charge on any atom is -0.508 e. The molecule has 0 saturated carbocycles. The highest BCUT2D eigenvalue weighted by atomic mass is 16.3. The Kier molecular flexibility index (Phi) is 4.04. The van der Waals surface area contributed by atoms with Crippen molar-refractivity contribution in [3.05, 3.63) is 23.8 Å².